The predicted molar refractivity (Wildman–Crippen MR) is 68.1 cm³/mol. The Bertz CT molecular complexity index is 638. The van der Waals surface area contributed by atoms with Crippen LogP contribution in [0, 0.1) is 5.82 Å². The number of anilines is 1. The number of sulfonamides is 1. The second-order valence-corrected chi connectivity index (χ2v) is 6.24. The van der Waals surface area contributed by atoms with Crippen LogP contribution in [0.2, 0.25) is 0 Å². The van der Waals surface area contributed by atoms with Gasteiger partial charge in [0.15, 0.2) is 0 Å². The van der Waals surface area contributed by atoms with Crippen LogP contribution in [-0.2, 0) is 10.0 Å². The fraction of sp³-hybridized carbons (Fsp3) is 0.0909. The lowest BCUT2D eigenvalue weighted by atomic mass is 10.3. The number of thiophene rings is 1. The maximum atomic E-state index is 13.1. The van der Waals surface area contributed by atoms with Crippen LogP contribution in [0.4, 0.5) is 10.1 Å². The van der Waals surface area contributed by atoms with Crippen LogP contribution in [0.15, 0.2) is 39.9 Å². The first-order valence-corrected chi connectivity index (χ1v) is 7.29. The lowest BCUT2D eigenvalue weighted by Gasteiger charge is -2.10. The van der Waals surface area contributed by atoms with E-state index in [2.05, 4.69) is 4.72 Å². The Morgan fingerprint density at radius 1 is 1.33 bits per heavy atom. The van der Waals surface area contributed by atoms with Gasteiger partial charge in [-0.3, -0.25) is 4.72 Å². The molecule has 0 amide bonds. The molecule has 7 heteroatoms. The summed E-state index contributed by atoms with van der Waals surface area (Å²) in [6, 6.07) is 6.73. The highest BCUT2D eigenvalue weighted by Gasteiger charge is 2.17. The molecule has 1 aromatic carbocycles. The Labute approximate surface area is 108 Å². The Kier molecular flexibility index (Phi) is 3.53. The molecule has 0 aliphatic rings. The molecule has 0 saturated carbocycles. The predicted octanol–water partition coefficient (Wildman–Crippen LogP) is 2.70. The summed E-state index contributed by atoms with van der Waals surface area (Å²) >= 11 is 1.08. The van der Waals surface area contributed by atoms with E-state index in [1.54, 1.807) is 11.4 Å². The van der Waals surface area contributed by atoms with E-state index < -0.39 is 15.8 Å². The summed E-state index contributed by atoms with van der Waals surface area (Å²) in [5.74, 6) is -0.281. The van der Waals surface area contributed by atoms with E-state index in [1.807, 2.05) is 0 Å². The lowest BCUT2D eigenvalue weighted by molar-refractivity contribution is 0.416. The van der Waals surface area contributed by atoms with Gasteiger partial charge in [-0.25, -0.2) is 12.8 Å². The van der Waals surface area contributed by atoms with Crippen molar-refractivity contribution in [3.63, 3.8) is 0 Å². The van der Waals surface area contributed by atoms with Gasteiger partial charge in [-0.15, -0.1) is 11.3 Å². The molecule has 0 spiro atoms. The van der Waals surface area contributed by atoms with E-state index in [9.17, 15) is 12.8 Å². The van der Waals surface area contributed by atoms with Crippen LogP contribution in [0.5, 0.6) is 5.75 Å². The van der Waals surface area contributed by atoms with Crippen molar-refractivity contribution in [3.8, 4) is 5.75 Å². The number of benzene rings is 1. The van der Waals surface area contributed by atoms with Gasteiger partial charge in [-0.1, -0.05) is 6.07 Å². The van der Waals surface area contributed by atoms with Crippen LogP contribution in [0.1, 0.15) is 0 Å². The molecule has 1 heterocycles. The highest BCUT2D eigenvalue weighted by Crippen LogP contribution is 2.28. The highest BCUT2D eigenvalue weighted by molar-refractivity contribution is 7.94. The van der Waals surface area contributed by atoms with Crippen LogP contribution < -0.4 is 9.46 Å². The van der Waals surface area contributed by atoms with Gasteiger partial charge in [0.05, 0.1) is 12.8 Å². The molecule has 1 aromatic heterocycles. The van der Waals surface area contributed by atoms with Crippen LogP contribution in [0.3, 0.4) is 0 Å². The minimum Gasteiger partial charge on any atom is -0.495 e. The Balaban J connectivity index is 2.37. The van der Waals surface area contributed by atoms with Crippen molar-refractivity contribution in [2.45, 2.75) is 4.21 Å². The smallest absolute Gasteiger partial charge is 0.271 e. The van der Waals surface area contributed by atoms with E-state index in [4.69, 9.17) is 4.74 Å². The molecule has 0 fully saturated rings. The largest absolute Gasteiger partial charge is 0.495 e. The zero-order valence-corrected chi connectivity index (χ0v) is 11.0. The normalized spacial score (nSPS) is 11.2. The minimum absolute atomic E-state index is 0.0749. The number of ether oxygens (including phenoxy) is 1. The number of halogens is 1. The molecule has 4 nitrogen and oxygen atoms in total. The maximum absolute atomic E-state index is 13.1. The first-order chi connectivity index (χ1) is 8.53. The van der Waals surface area contributed by atoms with Crippen LogP contribution in [-0.4, -0.2) is 15.5 Å². The van der Waals surface area contributed by atoms with Crippen molar-refractivity contribution in [1.82, 2.24) is 0 Å². The third kappa shape index (κ3) is 2.62. The van der Waals surface area contributed by atoms with Crippen molar-refractivity contribution < 1.29 is 17.5 Å². The van der Waals surface area contributed by atoms with Crippen molar-refractivity contribution in [1.29, 1.82) is 0 Å². The standard InChI is InChI=1S/C11H10FNO3S2/c1-16-10-5-4-8(12)7-9(10)13-18(14,15)11-3-2-6-17-11/h2-7,13H,1H3. The number of hydrogen-bond donors (Lipinski definition) is 1. The Morgan fingerprint density at radius 2 is 2.11 bits per heavy atom. The second kappa shape index (κ2) is 4.95. The van der Waals surface area contributed by atoms with Crippen molar-refractivity contribution in [2.75, 3.05) is 11.8 Å². The molecule has 0 bridgehead atoms. The van der Waals surface area contributed by atoms with E-state index in [1.165, 1.54) is 25.3 Å². The van der Waals surface area contributed by atoms with Crippen LogP contribution in [0.25, 0.3) is 0 Å². The summed E-state index contributed by atoms with van der Waals surface area (Å²) in [5.41, 5.74) is 0.0749. The molecule has 2 aromatic rings. The molecule has 0 saturated heterocycles. The lowest BCUT2D eigenvalue weighted by Crippen LogP contribution is -2.12. The summed E-state index contributed by atoms with van der Waals surface area (Å²) in [7, 11) is -2.31. The molecule has 0 unspecified atom stereocenters. The van der Waals surface area contributed by atoms with Gasteiger partial charge in [0, 0.05) is 6.07 Å². The Morgan fingerprint density at radius 3 is 2.72 bits per heavy atom. The summed E-state index contributed by atoms with van der Waals surface area (Å²) in [6.45, 7) is 0. The average molecular weight is 287 g/mol. The minimum atomic E-state index is -3.70. The highest BCUT2D eigenvalue weighted by atomic mass is 32.2. The first-order valence-electron chi connectivity index (χ1n) is 4.93. The summed E-state index contributed by atoms with van der Waals surface area (Å²) in [5, 5.41) is 1.65. The molecular formula is C11H10FNO3S2. The molecule has 2 rings (SSSR count). The quantitative estimate of drug-likeness (QED) is 0.940. The monoisotopic (exact) mass is 287 g/mol. The third-order valence-corrected chi connectivity index (χ3v) is 4.93. The zero-order valence-electron chi connectivity index (χ0n) is 9.38. The zero-order chi connectivity index (χ0) is 13.2. The van der Waals surface area contributed by atoms with Crippen molar-refractivity contribution >= 4 is 27.0 Å². The van der Waals surface area contributed by atoms with Gasteiger partial charge in [0.25, 0.3) is 10.0 Å². The van der Waals surface area contributed by atoms with Gasteiger partial charge in [0.2, 0.25) is 0 Å². The van der Waals surface area contributed by atoms with Gasteiger partial charge < -0.3 is 4.74 Å². The van der Waals surface area contributed by atoms with E-state index in [-0.39, 0.29) is 15.6 Å². The van der Waals surface area contributed by atoms with Crippen LogP contribution >= 0.6 is 11.3 Å². The summed E-state index contributed by atoms with van der Waals surface area (Å²) in [4.78, 5) is 0. The third-order valence-electron chi connectivity index (χ3n) is 2.17. The van der Waals surface area contributed by atoms with Gasteiger partial charge >= 0.3 is 0 Å². The molecule has 0 aliphatic heterocycles. The van der Waals surface area contributed by atoms with E-state index >= 15 is 0 Å². The molecule has 96 valence electrons. The molecule has 18 heavy (non-hydrogen) atoms. The molecule has 0 atom stereocenters. The Hall–Kier alpha value is -1.60. The number of methoxy groups -OCH3 is 1. The van der Waals surface area contributed by atoms with Gasteiger partial charge in [-0.2, -0.15) is 0 Å². The van der Waals surface area contributed by atoms with Gasteiger partial charge in [0.1, 0.15) is 15.8 Å². The van der Waals surface area contributed by atoms with Crippen molar-refractivity contribution in [3.05, 3.63) is 41.5 Å². The second-order valence-electron chi connectivity index (χ2n) is 3.38. The van der Waals surface area contributed by atoms with E-state index in [0.717, 1.165) is 17.4 Å². The summed E-state index contributed by atoms with van der Waals surface area (Å²) in [6.07, 6.45) is 0. The SMILES string of the molecule is COc1ccc(F)cc1NS(=O)(=O)c1cccs1. The van der Waals surface area contributed by atoms with E-state index in [0.29, 0.717) is 0 Å². The number of rotatable bonds is 4. The topological polar surface area (TPSA) is 55.4 Å². The fourth-order valence-electron chi connectivity index (χ4n) is 1.37. The number of hydrogen-bond acceptors (Lipinski definition) is 4. The summed E-state index contributed by atoms with van der Waals surface area (Å²) < 4.78 is 44.5. The number of nitrogens with one attached hydrogen (secondary N) is 1. The maximum Gasteiger partial charge on any atom is 0.271 e. The first kappa shape index (κ1) is 12.8. The van der Waals surface area contributed by atoms with Crippen molar-refractivity contribution in [2.24, 2.45) is 0 Å². The average Bonchev–Trinajstić information content (AvgIpc) is 2.83. The molecule has 0 aliphatic carbocycles. The molecular weight excluding hydrogens is 277 g/mol. The molecule has 1 N–H and O–H groups in total. The molecule has 0 radical (unpaired) electrons. The fourth-order valence-corrected chi connectivity index (χ4v) is 3.43. The van der Waals surface area contributed by atoms with Gasteiger partial charge in [-0.05, 0) is 23.6 Å².